The van der Waals surface area contributed by atoms with Crippen LogP contribution in [0, 0.1) is 0 Å². The molecule has 1 aliphatic rings. The van der Waals surface area contributed by atoms with Crippen LogP contribution in [0.3, 0.4) is 0 Å². The molecule has 0 bridgehead atoms. The molecular weight excluding hydrogens is 230 g/mol. The molecule has 1 aromatic heterocycles. The van der Waals surface area contributed by atoms with Gasteiger partial charge in [-0.1, -0.05) is 12.1 Å². The third kappa shape index (κ3) is 2.29. The number of aromatic nitrogens is 2. The molecule has 2 N–H and O–H groups in total. The highest BCUT2D eigenvalue weighted by atomic mass is 16.5. The zero-order valence-corrected chi connectivity index (χ0v) is 11.5. The highest BCUT2D eigenvalue weighted by molar-refractivity contribution is 5.08. The molecule has 102 valence electrons. The fourth-order valence-electron chi connectivity index (χ4n) is 2.18. The Morgan fingerprint density at radius 2 is 2.22 bits per heavy atom. The van der Waals surface area contributed by atoms with E-state index in [-0.39, 0.29) is 5.41 Å². The van der Waals surface area contributed by atoms with Gasteiger partial charge in [0, 0.05) is 13.2 Å². The Labute approximate surface area is 108 Å². The summed E-state index contributed by atoms with van der Waals surface area (Å²) in [5.41, 5.74) is 5.17. The maximum atomic E-state index is 5.83. The molecule has 0 aromatic carbocycles. The maximum absolute atomic E-state index is 5.83. The van der Waals surface area contributed by atoms with E-state index in [1.807, 2.05) is 13.8 Å². The minimum absolute atomic E-state index is 0.240. The van der Waals surface area contributed by atoms with Crippen LogP contribution in [0.1, 0.15) is 58.2 Å². The van der Waals surface area contributed by atoms with Crippen molar-refractivity contribution in [3.05, 3.63) is 11.7 Å². The van der Waals surface area contributed by atoms with Crippen molar-refractivity contribution >= 4 is 0 Å². The summed E-state index contributed by atoms with van der Waals surface area (Å²) in [6, 6.07) is 0. The first-order chi connectivity index (χ1) is 8.54. The van der Waals surface area contributed by atoms with E-state index in [4.69, 9.17) is 15.0 Å². The van der Waals surface area contributed by atoms with Crippen molar-refractivity contribution in [1.82, 2.24) is 10.1 Å². The molecule has 0 aliphatic carbocycles. The summed E-state index contributed by atoms with van der Waals surface area (Å²) in [6.07, 6.45) is 4.07. The molecule has 5 nitrogen and oxygen atoms in total. The molecule has 1 saturated heterocycles. The average Bonchev–Trinajstić information content (AvgIpc) is 2.89. The van der Waals surface area contributed by atoms with Gasteiger partial charge in [-0.25, -0.2) is 0 Å². The van der Waals surface area contributed by atoms with Gasteiger partial charge in [0.25, 0.3) is 0 Å². The third-order valence-electron chi connectivity index (χ3n) is 4.12. The zero-order valence-electron chi connectivity index (χ0n) is 11.5. The highest BCUT2D eigenvalue weighted by Crippen LogP contribution is 2.34. The standard InChI is InChI=1S/C13H23N3O2/c1-4-12(2,9-14)11-15-10(16-18-11)13(3)7-5-6-8-17-13/h4-9,14H2,1-3H3. The Bertz CT molecular complexity index is 393. The molecule has 0 spiro atoms. The van der Waals surface area contributed by atoms with Crippen molar-refractivity contribution in [2.24, 2.45) is 5.73 Å². The van der Waals surface area contributed by atoms with E-state index in [0.29, 0.717) is 18.3 Å². The molecule has 2 unspecified atom stereocenters. The van der Waals surface area contributed by atoms with Gasteiger partial charge in [-0.3, -0.25) is 0 Å². The first-order valence-corrected chi connectivity index (χ1v) is 6.73. The van der Waals surface area contributed by atoms with E-state index in [2.05, 4.69) is 17.1 Å². The Morgan fingerprint density at radius 3 is 2.78 bits per heavy atom. The first kappa shape index (κ1) is 13.5. The summed E-state index contributed by atoms with van der Waals surface area (Å²) in [5.74, 6) is 1.28. The van der Waals surface area contributed by atoms with Gasteiger partial charge < -0.3 is 15.0 Å². The van der Waals surface area contributed by atoms with E-state index >= 15 is 0 Å². The van der Waals surface area contributed by atoms with Crippen LogP contribution in [-0.2, 0) is 15.8 Å². The lowest BCUT2D eigenvalue weighted by Gasteiger charge is -2.30. The fourth-order valence-corrected chi connectivity index (χ4v) is 2.18. The van der Waals surface area contributed by atoms with Crippen LogP contribution in [0.25, 0.3) is 0 Å². The van der Waals surface area contributed by atoms with Crippen molar-refractivity contribution in [1.29, 1.82) is 0 Å². The van der Waals surface area contributed by atoms with Gasteiger partial charge in [-0.15, -0.1) is 0 Å². The largest absolute Gasteiger partial charge is 0.367 e. The predicted molar refractivity (Wildman–Crippen MR) is 68.2 cm³/mol. The predicted octanol–water partition coefficient (Wildman–Crippen LogP) is 2.11. The summed E-state index contributed by atoms with van der Waals surface area (Å²) in [6.45, 7) is 7.43. The van der Waals surface area contributed by atoms with Gasteiger partial charge in [-0.05, 0) is 39.5 Å². The molecule has 0 amide bonds. The van der Waals surface area contributed by atoms with Crippen LogP contribution in [0.4, 0.5) is 0 Å². The van der Waals surface area contributed by atoms with Crippen LogP contribution < -0.4 is 5.73 Å². The molecule has 0 saturated carbocycles. The Balaban J connectivity index is 2.24. The van der Waals surface area contributed by atoms with Crippen LogP contribution in [0.5, 0.6) is 0 Å². The molecule has 1 aromatic rings. The minimum atomic E-state index is -0.400. The normalized spacial score (nSPS) is 28.0. The van der Waals surface area contributed by atoms with Crippen molar-refractivity contribution < 1.29 is 9.26 Å². The lowest BCUT2D eigenvalue weighted by molar-refractivity contribution is -0.0770. The van der Waals surface area contributed by atoms with Gasteiger partial charge in [0.2, 0.25) is 11.7 Å². The van der Waals surface area contributed by atoms with Gasteiger partial charge in [0.1, 0.15) is 5.60 Å². The molecule has 0 radical (unpaired) electrons. The molecule has 2 atom stereocenters. The zero-order chi connectivity index (χ0) is 13.2. The Kier molecular flexibility index (Phi) is 3.73. The van der Waals surface area contributed by atoms with Crippen molar-refractivity contribution in [2.75, 3.05) is 13.2 Å². The minimum Gasteiger partial charge on any atom is -0.367 e. The second kappa shape index (κ2) is 4.97. The summed E-state index contributed by atoms with van der Waals surface area (Å²) in [5, 5.41) is 4.11. The molecule has 18 heavy (non-hydrogen) atoms. The quantitative estimate of drug-likeness (QED) is 0.889. The smallest absolute Gasteiger partial charge is 0.233 e. The second-order valence-electron chi connectivity index (χ2n) is 5.58. The summed E-state index contributed by atoms with van der Waals surface area (Å²) >= 11 is 0. The van der Waals surface area contributed by atoms with E-state index in [9.17, 15) is 0 Å². The summed E-state index contributed by atoms with van der Waals surface area (Å²) in [4.78, 5) is 4.54. The molecule has 2 rings (SSSR count). The monoisotopic (exact) mass is 253 g/mol. The van der Waals surface area contributed by atoms with Gasteiger partial charge >= 0.3 is 0 Å². The second-order valence-corrected chi connectivity index (χ2v) is 5.58. The molecule has 5 heteroatoms. The summed E-state index contributed by atoms with van der Waals surface area (Å²) in [7, 11) is 0. The van der Waals surface area contributed by atoms with E-state index < -0.39 is 5.60 Å². The number of hydrogen-bond donors (Lipinski definition) is 1. The lowest BCUT2D eigenvalue weighted by Crippen LogP contribution is -2.33. The maximum Gasteiger partial charge on any atom is 0.233 e. The topological polar surface area (TPSA) is 74.2 Å². The Hall–Kier alpha value is -0.940. The third-order valence-corrected chi connectivity index (χ3v) is 4.12. The SMILES string of the molecule is CCC(C)(CN)c1nc(C2(C)CCCCO2)no1. The van der Waals surface area contributed by atoms with Gasteiger partial charge in [0.05, 0.1) is 5.41 Å². The molecule has 1 aliphatic heterocycles. The number of nitrogens with two attached hydrogens (primary N) is 1. The van der Waals surface area contributed by atoms with Crippen LogP contribution in [-0.4, -0.2) is 23.3 Å². The van der Waals surface area contributed by atoms with Crippen molar-refractivity contribution in [2.45, 2.75) is 57.5 Å². The number of hydrogen-bond acceptors (Lipinski definition) is 5. The number of nitrogens with zero attached hydrogens (tertiary/aromatic N) is 2. The van der Waals surface area contributed by atoms with E-state index in [1.165, 1.54) is 0 Å². The fraction of sp³-hybridized carbons (Fsp3) is 0.846. The van der Waals surface area contributed by atoms with Gasteiger partial charge in [0.15, 0.2) is 0 Å². The molecule has 2 heterocycles. The van der Waals surface area contributed by atoms with Crippen LogP contribution in [0.15, 0.2) is 4.52 Å². The van der Waals surface area contributed by atoms with E-state index in [1.54, 1.807) is 0 Å². The lowest BCUT2D eigenvalue weighted by atomic mass is 9.87. The summed E-state index contributed by atoms with van der Waals surface area (Å²) < 4.78 is 11.2. The van der Waals surface area contributed by atoms with Crippen LogP contribution >= 0.6 is 0 Å². The number of ether oxygens (including phenoxy) is 1. The highest BCUT2D eigenvalue weighted by Gasteiger charge is 2.37. The van der Waals surface area contributed by atoms with E-state index in [0.717, 1.165) is 32.3 Å². The first-order valence-electron chi connectivity index (χ1n) is 6.73. The van der Waals surface area contributed by atoms with Crippen LogP contribution in [0.2, 0.25) is 0 Å². The average molecular weight is 253 g/mol. The van der Waals surface area contributed by atoms with Gasteiger partial charge in [-0.2, -0.15) is 4.98 Å². The number of rotatable bonds is 4. The molecule has 1 fully saturated rings. The van der Waals surface area contributed by atoms with Crippen molar-refractivity contribution in [3.8, 4) is 0 Å². The van der Waals surface area contributed by atoms with Crippen molar-refractivity contribution in [3.63, 3.8) is 0 Å². The Morgan fingerprint density at radius 1 is 1.44 bits per heavy atom. The molecular formula is C13H23N3O2.